The number of carbonyl (C=O) groups is 1. The minimum absolute atomic E-state index is 0.213. The van der Waals surface area contributed by atoms with E-state index in [4.69, 9.17) is 11.6 Å². The second-order valence-corrected chi connectivity index (χ2v) is 6.69. The van der Waals surface area contributed by atoms with E-state index in [1.54, 1.807) is 23.0 Å². The molecule has 2 aromatic carbocycles. The van der Waals surface area contributed by atoms with E-state index >= 15 is 0 Å². The van der Waals surface area contributed by atoms with Crippen LogP contribution in [0.25, 0.3) is 5.69 Å². The lowest BCUT2D eigenvalue weighted by Gasteiger charge is -2.14. The largest absolute Gasteiger partial charge is 0.347 e. The molecule has 1 amide bonds. The molecule has 0 atom stereocenters. The second kappa shape index (κ2) is 8.17. The molecule has 0 spiro atoms. The predicted octanol–water partition coefficient (Wildman–Crippen LogP) is 3.52. The van der Waals surface area contributed by atoms with Crippen molar-refractivity contribution in [2.24, 2.45) is 0 Å². The summed E-state index contributed by atoms with van der Waals surface area (Å²) in [5.41, 5.74) is 3.39. The van der Waals surface area contributed by atoms with Crippen molar-refractivity contribution < 1.29 is 4.79 Å². The van der Waals surface area contributed by atoms with E-state index in [2.05, 4.69) is 21.4 Å². The summed E-state index contributed by atoms with van der Waals surface area (Å²) in [6.45, 7) is 1.29. The minimum atomic E-state index is -0.213. The molecule has 0 bridgehead atoms. The quantitative estimate of drug-likeness (QED) is 0.724. The van der Waals surface area contributed by atoms with Crippen molar-refractivity contribution in [3.8, 4) is 5.69 Å². The summed E-state index contributed by atoms with van der Waals surface area (Å²) in [5.74, 6) is -0.213. The number of nitrogens with one attached hydrogen (secondary N) is 1. The van der Waals surface area contributed by atoms with Gasteiger partial charge < -0.3 is 10.2 Å². The fraction of sp³-hybridized carbons (Fsp3) is 0.200. The molecule has 1 N–H and O–H groups in total. The normalized spacial score (nSPS) is 10.9. The molecule has 6 heteroatoms. The number of rotatable bonds is 6. The van der Waals surface area contributed by atoms with Gasteiger partial charge in [0.05, 0.1) is 10.7 Å². The summed E-state index contributed by atoms with van der Waals surface area (Å²) in [7, 11) is 4.05. The fourth-order valence-electron chi connectivity index (χ4n) is 2.71. The Labute approximate surface area is 158 Å². The van der Waals surface area contributed by atoms with E-state index in [0.29, 0.717) is 17.3 Å². The van der Waals surface area contributed by atoms with Gasteiger partial charge in [0.1, 0.15) is 0 Å². The monoisotopic (exact) mass is 368 g/mol. The molecule has 0 saturated carbocycles. The average molecular weight is 369 g/mol. The summed E-state index contributed by atoms with van der Waals surface area (Å²) < 4.78 is 1.61. The maximum atomic E-state index is 12.5. The lowest BCUT2D eigenvalue weighted by Crippen LogP contribution is -2.24. The zero-order valence-electron chi connectivity index (χ0n) is 14.8. The standard InChI is InChI=1S/C20H21ClN4O/c1-24(2)14-16-8-4-3-7-15(16)13-22-20(26)18-11-12-25(23-18)19-10-6-5-9-17(19)21/h3-12H,13-14H2,1-2H3,(H,22,26). The third kappa shape index (κ3) is 4.31. The number of benzene rings is 2. The predicted molar refractivity (Wildman–Crippen MR) is 104 cm³/mol. The lowest BCUT2D eigenvalue weighted by molar-refractivity contribution is 0.0945. The van der Waals surface area contributed by atoms with Crippen LogP contribution in [-0.2, 0) is 13.1 Å². The lowest BCUT2D eigenvalue weighted by atomic mass is 10.1. The zero-order valence-corrected chi connectivity index (χ0v) is 15.6. The molecule has 0 unspecified atom stereocenters. The van der Waals surface area contributed by atoms with Crippen LogP contribution in [-0.4, -0.2) is 34.7 Å². The Balaban J connectivity index is 1.69. The van der Waals surface area contributed by atoms with E-state index in [1.165, 1.54) is 5.56 Å². The maximum absolute atomic E-state index is 12.5. The smallest absolute Gasteiger partial charge is 0.272 e. The highest BCUT2D eigenvalue weighted by molar-refractivity contribution is 6.32. The van der Waals surface area contributed by atoms with E-state index < -0.39 is 0 Å². The van der Waals surface area contributed by atoms with Crippen molar-refractivity contribution >= 4 is 17.5 Å². The van der Waals surface area contributed by atoms with Crippen LogP contribution in [0.4, 0.5) is 0 Å². The molecular weight excluding hydrogens is 348 g/mol. The molecule has 1 heterocycles. The van der Waals surface area contributed by atoms with Gasteiger partial charge in [-0.2, -0.15) is 5.10 Å². The molecule has 0 radical (unpaired) electrons. The Morgan fingerprint density at radius 1 is 1.08 bits per heavy atom. The Morgan fingerprint density at radius 3 is 2.50 bits per heavy atom. The SMILES string of the molecule is CN(C)Cc1ccccc1CNC(=O)c1ccn(-c2ccccc2Cl)n1. The second-order valence-electron chi connectivity index (χ2n) is 6.29. The number of hydrogen-bond acceptors (Lipinski definition) is 3. The van der Waals surface area contributed by atoms with Crippen LogP contribution in [0, 0.1) is 0 Å². The molecule has 0 aliphatic rings. The first-order valence-electron chi connectivity index (χ1n) is 8.35. The van der Waals surface area contributed by atoms with Gasteiger partial charge in [0.2, 0.25) is 0 Å². The van der Waals surface area contributed by atoms with E-state index in [0.717, 1.165) is 17.8 Å². The fourth-order valence-corrected chi connectivity index (χ4v) is 2.93. The number of amides is 1. The van der Waals surface area contributed by atoms with Crippen molar-refractivity contribution in [3.05, 3.63) is 82.6 Å². The van der Waals surface area contributed by atoms with Gasteiger partial charge in [-0.15, -0.1) is 0 Å². The molecule has 3 aromatic rings. The summed E-state index contributed by atoms with van der Waals surface area (Å²) in [6.07, 6.45) is 1.73. The molecule has 1 aromatic heterocycles. The van der Waals surface area contributed by atoms with Crippen molar-refractivity contribution in [3.63, 3.8) is 0 Å². The highest BCUT2D eigenvalue weighted by Gasteiger charge is 2.12. The van der Waals surface area contributed by atoms with Crippen molar-refractivity contribution in [1.29, 1.82) is 0 Å². The minimum Gasteiger partial charge on any atom is -0.347 e. The first kappa shape index (κ1) is 18.2. The average Bonchev–Trinajstić information content (AvgIpc) is 3.10. The summed E-state index contributed by atoms with van der Waals surface area (Å²) in [4.78, 5) is 14.6. The van der Waals surface area contributed by atoms with Gasteiger partial charge in [0.15, 0.2) is 5.69 Å². The number of nitrogens with zero attached hydrogens (tertiary/aromatic N) is 3. The van der Waals surface area contributed by atoms with E-state index in [-0.39, 0.29) is 5.91 Å². The summed E-state index contributed by atoms with van der Waals surface area (Å²) in [6, 6.07) is 17.2. The van der Waals surface area contributed by atoms with Crippen LogP contribution in [0.5, 0.6) is 0 Å². The molecule has 0 aliphatic heterocycles. The molecular formula is C20H21ClN4O. The molecule has 5 nitrogen and oxygen atoms in total. The van der Waals surface area contributed by atoms with Gasteiger partial charge in [-0.1, -0.05) is 48.0 Å². The van der Waals surface area contributed by atoms with Gasteiger partial charge in [-0.3, -0.25) is 4.79 Å². The molecule has 0 fully saturated rings. The third-order valence-corrected chi connectivity index (χ3v) is 4.28. The van der Waals surface area contributed by atoms with Gasteiger partial charge in [0, 0.05) is 19.3 Å². The van der Waals surface area contributed by atoms with Crippen LogP contribution >= 0.6 is 11.6 Å². The number of para-hydroxylation sites is 1. The highest BCUT2D eigenvalue weighted by atomic mass is 35.5. The topological polar surface area (TPSA) is 50.2 Å². The maximum Gasteiger partial charge on any atom is 0.272 e. The highest BCUT2D eigenvalue weighted by Crippen LogP contribution is 2.19. The van der Waals surface area contributed by atoms with E-state index in [1.807, 2.05) is 50.5 Å². The zero-order chi connectivity index (χ0) is 18.5. The van der Waals surface area contributed by atoms with E-state index in [9.17, 15) is 4.79 Å². The number of aromatic nitrogens is 2. The molecule has 3 rings (SSSR count). The number of hydrogen-bond donors (Lipinski definition) is 1. The third-order valence-electron chi connectivity index (χ3n) is 3.97. The van der Waals surface area contributed by atoms with Crippen molar-refractivity contribution in [2.45, 2.75) is 13.1 Å². The van der Waals surface area contributed by atoms with Crippen LogP contribution in [0.2, 0.25) is 5.02 Å². The molecule has 0 aliphatic carbocycles. The van der Waals surface area contributed by atoms with Crippen molar-refractivity contribution in [1.82, 2.24) is 20.0 Å². The number of carbonyl (C=O) groups excluding carboxylic acids is 1. The Kier molecular flexibility index (Phi) is 5.71. The first-order chi connectivity index (χ1) is 12.5. The Hall–Kier alpha value is -2.63. The molecule has 134 valence electrons. The number of halogens is 1. The van der Waals surface area contributed by atoms with Gasteiger partial charge in [-0.25, -0.2) is 4.68 Å². The van der Waals surface area contributed by atoms with Gasteiger partial charge in [0.25, 0.3) is 5.91 Å². The Morgan fingerprint density at radius 2 is 1.77 bits per heavy atom. The van der Waals surface area contributed by atoms with Crippen LogP contribution in [0.1, 0.15) is 21.6 Å². The van der Waals surface area contributed by atoms with Crippen LogP contribution < -0.4 is 5.32 Å². The first-order valence-corrected chi connectivity index (χ1v) is 8.72. The van der Waals surface area contributed by atoms with Gasteiger partial charge in [-0.05, 0) is 43.4 Å². The van der Waals surface area contributed by atoms with Gasteiger partial charge >= 0.3 is 0 Å². The van der Waals surface area contributed by atoms with Crippen LogP contribution in [0.3, 0.4) is 0 Å². The Bertz CT molecular complexity index is 904. The summed E-state index contributed by atoms with van der Waals surface area (Å²) in [5, 5.41) is 7.86. The van der Waals surface area contributed by atoms with Crippen LogP contribution in [0.15, 0.2) is 60.8 Å². The molecule has 0 saturated heterocycles. The van der Waals surface area contributed by atoms with Crippen molar-refractivity contribution in [2.75, 3.05) is 14.1 Å². The molecule has 26 heavy (non-hydrogen) atoms. The summed E-state index contributed by atoms with van der Waals surface area (Å²) >= 11 is 6.18.